The molecule has 0 saturated carbocycles. The van der Waals surface area contributed by atoms with E-state index in [9.17, 15) is 61.0 Å². The van der Waals surface area contributed by atoms with Crippen LogP contribution in [0.3, 0.4) is 0 Å². The van der Waals surface area contributed by atoms with Gasteiger partial charge in [-0.25, -0.2) is 0 Å². The van der Waals surface area contributed by atoms with Crippen molar-refractivity contribution >= 4 is 5.91 Å². The Balaban J connectivity index is 1.33. The first-order valence-electron chi connectivity index (χ1n) is 43.8. The van der Waals surface area contributed by atoms with E-state index in [2.05, 4.69) is 129 Å². The van der Waals surface area contributed by atoms with Gasteiger partial charge in [0.15, 0.2) is 18.9 Å². The zero-order chi connectivity index (χ0) is 79.5. The van der Waals surface area contributed by atoms with Gasteiger partial charge in [-0.2, -0.15) is 0 Å². The fourth-order valence-electron chi connectivity index (χ4n) is 14.1. The molecular weight excluding hydrogens is 1390 g/mol. The van der Waals surface area contributed by atoms with Crippen molar-refractivity contribution in [3.63, 3.8) is 0 Å². The Morgan fingerprint density at radius 2 is 0.636 bits per heavy atom. The van der Waals surface area contributed by atoms with Crippen LogP contribution in [0, 0.1) is 0 Å². The van der Waals surface area contributed by atoms with E-state index in [0.29, 0.717) is 12.8 Å². The van der Waals surface area contributed by atoms with E-state index in [1.165, 1.54) is 193 Å². The second-order valence-corrected chi connectivity index (χ2v) is 30.6. The molecule has 3 rings (SSSR count). The van der Waals surface area contributed by atoms with Gasteiger partial charge in [0.1, 0.15) is 73.2 Å². The second kappa shape index (κ2) is 69.5. The smallest absolute Gasteiger partial charge is 0.220 e. The third-order valence-corrected chi connectivity index (χ3v) is 21.0. The molecule has 17 unspecified atom stereocenters. The molecule has 17 atom stereocenters. The molecule has 19 heteroatoms. The number of aliphatic hydroxyl groups excluding tert-OH is 11. The third kappa shape index (κ3) is 47.9. The van der Waals surface area contributed by atoms with Crippen LogP contribution in [0.15, 0.2) is 122 Å². The summed E-state index contributed by atoms with van der Waals surface area (Å²) in [5, 5.41) is 121. The number of aliphatic hydroxyl groups is 11. The van der Waals surface area contributed by atoms with Gasteiger partial charge < -0.3 is 89.9 Å². The number of carbonyl (C=O) groups excluding carboxylic acids is 1. The molecule has 0 aromatic rings. The highest BCUT2D eigenvalue weighted by molar-refractivity contribution is 5.76. The number of nitrogens with one attached hydrogen (secondary N) is 1. The molecule has 0 spiro atoms. The molecule has 3 heterocycles. The fraction of sp³-hybridized carbons (Fsp3) is 0.769. The second-order valence-electron chi connectivity index (χ2n) is 30.6. The molecule has 12 N–H and O–H groups in total. The number of amides is 1. The van der Waals surface area contributed by atoms with Crippen LogP contribution in [0.2, 0.25) is 0 Å². The largest absolute Gasteiger partial charge is 0.394 e. The standard InChI is InChI=1S/C91H157NO18/c1-3-5-7-9-11-13-15-17-19-21-23-25-27-29-30-31-32-33-34-35-36-37-38-39-40-41-42-43-44-45-47-49-51-53-55-57-59-61-63-65-67-69-79(97)92-74(75(96)68-66-64-62-60-58-56-54-52-50-48-46-28-26-24-22-20-18-16-14-12-10-8-6-4-2)73-105-89-85(103)82(100)87(77(71-94)107-89)110-91-86(104)83(101)88(78(72-95)108-91)109-90-84(102)81(99)80(98)76(70-93)106-90/h5,7,11,13,17,19,23,25,29-30,32-33,35-36,38-39,58,60,66,68,74-78,80-91,93-96,98-104H,3-4,6,8-10,12,14-16,18,20-22,24,26-28,31,34,37,40-57,59,61-65,67,69-73H2,1-2H3,(H,92,97)/b7-5-,13-11-,19-17-,25-23-,30-29-,33-32-,36-35-,39-38-,60-58+,68-66+. The topological polar surface area (TPSA) is 307 Å². The summed E-state index contributed by atoms with van der Waals surface area (Å²) < 4.78 is 34.5. The van der Waals surface area contributed by atoms with Gasteiger partial charge in [-0.15, -0.1) is 0 Å². The Kier molecular flexibility index (Phi) is 63.4. The number of hydrogen-bond acceptors (Lipinski definition) is 18. The summed E-state index contributed by atoms with van der Waals surface area (Å²) in [5.41, 5.74) is 0. The molecule has 1 amide bonds. The lowest BCUT2D eigenvalue weighted by atomic mass is 9.96. The molecule has 110 heavy (non-hydrogen) atoms. The highest BCUT2D eigenvalue weighted by Crippen LogP contribution is 2.33. The van der Waals surface area contributed by atoms with Crippen molar-refractivity contribution in [2.45, 2.75) is 420 Å². The monoisotopic (exact) mass is 1550 g/mol. The lowest BCUT2D eigenvalue weighted by Gasteiger charge is -2.48. The number of unbranched alkanes of at least 4 members (excludes halogenated alkanes) is 35. The first kappa shape index (κ1) is 100. The number of rotatable bonds is 69. The van der Waals surface area contributed by atoms with Gasteiger partial charge >= 0.3 is 0 Å². The van der Waals surface area contributed by atoms with Crippen LogP contribution < -0.4 is 5.32 Å². The molecule has 19 nitrogen and oxygen atoms in total. The van der Waals surface area contributed by atoms with Crippen LogP contribution in [0.5, 0.6) is 0 Å². The molecule has 0 radical (unpaired) electrons. The van der Waals surface area contributed by atoms with Crippen LogP contribution in [0.1, 0.15) is 316 Å². The molecule has 0 aliphatic carbocycles. The molecule has 3 aliphatic heterocycles. The molecule has 0 aromatic carbocycles. The highest BCUT2D eigenvalue weighted by Gasteiger charge is 2.54. The molecule has 3 fully saturated rings. The summed E-state index contributed by atoms with van der Waals surface area (Å²) in [5.74, 6) is -0.285. The summed E-state index contributed by atoms with van der Waals surface area (Å²) >= 11 is 0. The van der Waals surface area contributed by atoms with E-state index in [-0.39, 0.29) is 18.9 Å². The molecule has 3 aliphatic rings. The summed E-state index contributed by atoms with van der Waals surface area (Å²) in [7, 11) is 0. The predicted molar refractivity (Wildman–Crippen MR) is 443 cm³/mol. The average molecular weight is 1550 g/mol. The minimum absolute atomic E-state index is 0.231. The Bertz CT molecular complexity index is 2460. The van der Waals surface area contributed by atoms with Crippen LogP contribution >= 0.6 is 0 Å². The fourth-order valence-corrected chi connectivity index (χ4v) is 14.1. The molecule has 3 saturated heterocycles. The highest BCUT2D eigenvalue weighted by atomic mass is 16.8. The predicted octanol–water partition coefficient (Wildman–Crippen LogP) is 16.2. The van der Waals surface area contributed by atoms with Crippen LogP contribution in [-0.2, 0) is 33.2 Å². The molecular formula is C91H157NO18. The molecule has 0 aromatic heterocycles. The Labute approximate surface area is 665 Å². The van der Waals surface area contributed by atoms with Gasteiger partial charge in [0.05, 0.1) is 38.6 Å². The maximum Gasteiger partial charge on any atom is 0.220 e. The van der Waals surface area contributed by atoms with E-state index >= 15 is 0 Å². The van der Waals surface area contributed by atoms with Gasteiger partial charge in [-0.05, 0) is 96.3 Å². The van der Waals surface area contributed by atoms with E-state index < -0.39 is 124 Å². The van der Waals surface area contributed by atoms with E-state index in [4.69, 9.17) is 28.4 Å². The minimum Gasteiger partial charge on any atom is -0.394 e. The molecule has 0 bridgehead atoms. The lowest BCUT2D eigenvalue weighted by molar-refractivity contribution is -0.379. The lowest BCUT2D eigenvalue weighted by Crippen LogP contribution is -2.66. The molecule has 634 valence electrons. The number of allylic oxidation sites excluding steroid dienone is 19. The van der Waals surface area contributed by atoms with E-state index in [0.717, 1.165) is 89.9 Å². The maximum atomic E-state index is 13.5. The van der Waals surface area contributed by atoms with Gasteiger partial charge in [-0.3, -0.25) is 4.79 Å². The van der Waals surface area contributed by atoms with Crippen molar-refractivity contribution in [3.8, 4) is 0 Å². The number of ether oxygens (including phenoxy) is 6. The Hall–Kier alpha value is -3.81. The van der Waals surface area contributed by atoms with Crippen LogP contribution in [-0.4, -0.2) is 193 Å². The summed E-state index contributed by atoms with van der Waals surface area (Å²) in [4.78, 5) is 13.5. The average Bonchev–Trinajstić information content (AvgIpc) is 0.782. The maximum absolute atomic E-state index is 13.5. The number of carbonyl (C=O) groups is 1. The van der Waals surface area contributed by atoms with Crippen LogP contribution in [0.25, 0.3) is 0 Å². The van der Waals surface area contributed by atoms with Gasteiger partial charge in [-0.1, -0.05) is 334 Å². The summed E-state index contributed by atoms with van der Waals surface area (Å²) in [6.45, 7) is 1.63. The van der Waals surface area contributed by atoms with E-state index in [1.54, 1.807) is 6.08 Å². The van der Waals surface area contributed by atoms with Crippen LogP contribution in [0.4, 0.5) is 0 Å². The summed E-state index contributed by atoms with van der Waals surface area (Å²) in [6.07, 6.45) is 72.0. The van der Waals surface area contributed by atoms with Crippen molar-refractivity contribution in [3.05, 3.63) is 122 Å². The van der Waals surface area contributed by atoms with Crippen molar-refractivity contribution in [2.75, 3.05) is 26.4 Å². The van der Waals surface area contributed by atoms with Gasteiger partial charge in [0.25, 0.3) is 0 Å². The zero-order valence-electron chi connectivity index (χ0n) is 68.2. The number of hydrogen-bond donors (Lipinski definition) is 12. The Morgan fingerprint density at radius 3 is 1.02 bits per heavy atom. The van der Waals surface area contributed by atoms with Crippen molar-refractivity contribution in [2.24, 2.45) is 0 Å². The van der Waals surface area contributed by atoms with Gasteiger partial charge in [0, 0.05) is 6.42 Å². The first-order chi connectivity index (χ1) is 53.8. The minimum atomic E-state index is -1.99. The summed E-state index contributed by atoms with van der Waals surface area (Å²) in [6, 6.07) is -0.998. The van der Waals surface area contributed by atoms with Gasteiger partial charge in [0.2, 0.25) is 5.91 Å². The van der Waals surface area contributed by atoms with Crippen molar-refractivity contribution < 1.29 is 89.4 Å². The van der Waals surface area contributed by atoms with E-state index in [1.807, 2.05) is 6.08 Å². The first-order valence-corrected chi connectivity index (χ1v) is 43.8. The third-order valence-electron chi connectivity index (χ3n) is 21.0. The normalized spacial score (nSPS) is 25.8. The quantitative estimate of drug-likeness (QED) is 0.0199. The SMILES string of the molecule is CC/C=C\C/C=C\C/C=C\C/C=C\C/C=C\C/C=C\C/C=C\C/C=C\CCCCCCCCCCCCCCCCCCC(=O)NC(COC1OC(CO)C(OC2OC(CO)C(OC3OC(CO)C(O)C(O)C3O)C(O)C2O)C(O)C1O)C(O)/C=C/CC/C=C/CCCCCCCCCCCCCCCCCCCC. The zero-order valence-corrected chi connectivity index (χ0v) is 68.2. The Morgan fingerprint density at radius 1 is 0.336 bits per heavy atom. The van der Waals surface area contributed by atoms with Crippen molar-refractivity contribution in [1.29, 1.82) is 0 Å². The van der Waals surface area contributed by atoms with Crippen molar-refractivity contribution in [1.82, 2.24) is 5.32 Å².